The largest absolute Gasteiger partial charge is 0.355 e. The Morgan fingerprint density at radius 2 is 2.27 bits per heavy atom. The average molecular weight is 246 g/mol. The molecule has 1 heterocycles. The van der Waals surface area contributed by atoms with Crippen LogP contribution in [0.25, 0.3) is 0 Å². The summed E-state index contributed by atoms with van der Waals surface area (Å²) < 4.78 is 0. The molecule has 1 aliphatic rings. The third-order valence-electron chi connectivity index (χ3n) is 2.68. The van der Waals surface area contributed by atoms with Crippen LogP contribution in [0.1, 0.15) is 12.5 Å². The summed E-state index contributed by atoms with van der Waals surface area (Å²) in [5.41, 5.74) is 8.49. The smallest absolute Gasteiger partial charge is 0.0800 e. The van der Waals surface area contributed by atoms with E-state index in [2.05, 4.69) is 11.0 Å². The van der Waals surface area contributed by atoms with Crippen molar-refractivity contribution in [2.45, 2.75) is 19.5 Å². The van der Waals surface area contributed by atoms with Gasteiger partial charge in [-0.05, 0) is 30.5 Å². The molecular formula is C11H15Cl2N2. The van der Waals surface area contributed by atoms with Crippen molar-refractivity contribution in [3.8, 4) is 0 Å². The Bertz CT molecular complexity index is 341. The average Bonchev–Trinajstić information content (AvgIpc) is 2.59. The standard InChI is InChI=1S/C11H14ClN2.ClH/c1-2-11(13)14-6-5-8-3-4-9(12)7-10(8)14;/h2-4,7,11H,5-6,13H2,1H3;1H. The summed E-state index contributed by atoms with van der Waals surface area (Å²) in [6, 6.07) is 6.01. The molecule has 1 radical (unpaired) electrons. The minimum atomic E-state index is -0.00489. The Labute approximate surface area is 102 Å². The highest BCUT2D eigenvalue weighted by Gasteiger charge is 2.22. The first kappa shape index (κ1) is 12.6. The zero-order chi connectivity index (χ0) is 10.1. The third kappa shape index (κ3) is 2.39. The van der Waals surface area contributed by atoms with Crippen molar-refractivity contribution in [1.82, 2.24) is 0 Å². The Hall–Kier alpha value is -0.440. The van der Waals surface area contributed by atoms with Gasteiger partial charge in [0.05, 0.1) is 6.17 Å². The quantitative estimate of drug-likeness (QED) is 0.869. The molecular weight excluding hydrogens is 231 g/mol. The number of anilines is 1. The lowest BCUT2D eigenvalue weighted by Gasteiger charge is -2.25. The van der Waals surface area contributed by atoms with Crippen LogP contribution in [-0.2, 0) is 6.42 Å². The zero-order valence-corrected chi connectivity index (χ0v) is 10.2. The van der Waals surface area contributed by atoms with Crippen LogP contribution in [0.2, 0.25) is 5.02 Å². The van der Waals surface area contributed by atoms with Gasteiger partial charge in [0.2, 0.25) is 0 Å². The Balaban J connectivity index is 0.00000112. The van der Waals surface area contributed by atoms with Gasteiger partial charge in [0, 0.05) is 17.3 Å². The number of fused-ring (bicyclic) bond motifs is 1. The molecule has 1 aliphatic heterocycles. The van der Waals surface area contributed by atoms with E-state index in [1.54, 1.807) is 0 Å². The molecule has 0 spiro atoms. The van der Waals surface area contributed by atoms with E-state index in [9.17, 15) is 0 Å². The van der Waals surface area contributed by atoms with Gasteiger partial charge in [0.1, 0.15) is 0 Å². The maximum absolute atomic E-state index is 5.97. The fourth-order valence-corrected chi connectivity index (χ4v) is 2.03. The van der Waals surface area contributed by atoms with E-state index < -0.39 is 0 Å². The van der Waals surface area contributed by atoms with Gasteiger partial charge in [-0.3, -0.25) is 0 Å². The van der Waals surface area contributed by atoms with Crippen LogP contribution in [-0.4, -0.2) is 12.7 Å². The van der Waals surface area contributed by atoms with Gasteiger partial charge in [-0.15, -0.1) is 12.4 Å². The SMILES string of the molecule is C[CH]C(N)N1CCc2ccc(Cl)cc21.Cl. The number of hydrogen-bond acceptors (Lipinski definition) is 2. The first-order valence-electron chi connectivity index (χ1n) is 4.82. The van der Waals surface area contributed by atoms with Crippen molar-refractivity contribution in [3.05, 3.63) is 35.2 Å². The Morgan fingerprint density at radius 3 is 2.93 bits per heavy atom. The molecule has 0 aromatic heterocycles. The number of rotatable bonds is 2. The van der Waals surface area contributed by atoms with Gasteiger partial charge in [-0.1, -0.05) is 24.6 Å². The van der Waals surface area contributed by atoms with Crippen LogP contribution in [0.3, 0.4) is 0 Å². The molecule has 4 heteroatoms. The lowest BCUT2D eigenvalue weighted by Crippen LogP contribution is -2.40. The maximum Gasteiger partial charge on any atom is 0.0800 e. The highest BCUT2D eigenvalue weighted by molar-refractivity contribution is 6.30. The van der Waals surface area contributed by atoms with Crippen LogP contribution < -0.4 is 10.6 Å². The molecule has 2 nitrogen and oxygen atoms in total. The fourth-order valence-electron chi connectivity index (χ4n) is 1.87. The second kappa shape index (κ2) is 5.06. The molecule has 1 aromatic carbocycles. The molecule has 0 saturated heterocycles. The van der Waals surface area contributed by atoms with Crippen molar-refractivity contribution < 1.29 is 0 Å². The summed E-state index contributed by atoms with van der Waals surface area (Å²) in [7, 11) is 0. The molecule has 0 aliphatic carbocycles. The fraction of sp³-hybridized carbons (Fsp3) is 0.364. The maximum atomic E-state index is 5.97. The number of nitrogens with two attached hydrogens (primary N) is 1. The zero-order valence-electron chi connectivity index (χ0n) is 8.61. The third-order valence-corrected chi connectivity index (χ3v) is 2.92. The van der Waals surface area contributed by atoms with Crippen molar-refractivity contribution in [1.29, 1.82) is 0 Å². The molecule has 1 unspecified atom stereocenters. The molecule has 0 amide bonds. The van der Waals surface area contributed by atoms with Gasteiger partial charge in [-0.25, -0.2) is 0 Å². The van der Waals surface area contributed by atoms with Crippen LogP contribution in [0.4, 0.5) is 5.69 Å². The Kier molecular flexibility index (Phi) is 4.26. The number of nitrogens with zero attached hydrogens (tertiary/aromatic N) is 1. The van der Waals surface area contributed by atoms with E-state index >= 15 is 0 Å². The topological polar surface area (TPSA) is 29.3 Å². The van der Waals surface area contributed by atoms with Crippen molar-refractivity contribution in [2.75, 3.05) is 11.4 Å². The van der Waals surface area contributed by atoms with E-state index in [1.165, 1.54) is 11.3 Å². The van der Waals surface area contributed by atoms with Gasteiger partial charge in [0.25, 0.3) is 0 Å². The molecule has 0 bridgehead atoms. The highest BCUT2D eigenvalue weighted by Crippen LogP contribution is 2.31. The van der Waals surface area contributed by atoms with E-state index in [4.69, 9.17) is 17.3 Å². The number of hydrogen-bond donors (Lipinski definition) is 1. The van der Waals surface area contributed by atoms with Gasteiger partial charge < -0.3 is 10.6 Å². The molecule has 1 aromatic rings. The number of benzene rings is 1. The first-order valence-corrected chi connectivity index (χ1v) is 5.20. The number of halogens is 2. The summed E-state index contributed by atoms with van der Waals surface area (Å²) >= 11 is 5.96. The summed E-state index contributed by atoms with van der Waals surface area (Å²) in [6.07, 6.45) is 3.05. The summed E-state index contributed by atoms with van der Waals surface area (Å²) in [5, 5.41) is 0.777. The van der Waals surface area contributed by atoms with E-state index in [0.717, 1.165) is 18.0 Å². The monoisotopic (exact) mass is 245 g/mol. The normalized spacial score (nSPS) is 15.8. The van der Waals surface area contributed by atoms with Gasteiger partial charge in [-0.2, -0.15) is 0 Å². The lowest BCUT2D eigenvalue weighted by atomic mass is 10.2. The lowest BCUT2D eigenvalue weighted by molar-refractivity contribution is 0.699. The Morgan fingerprint density at radius 1 is 1.53 bits per heavy atom. The molecule has 83 valence electrons. The van der Waals surface area contributed by atoms with Gasteiger partial charge >= 0.3 is 0 Å². The molecule has 2 rings (SSSR count). The van der Waals surface area contributed by atoms with E-state index in [0.29, 0.717) is 0 Å². The van der Waals surface area contributed by atoms with Crippen LogP contribution >= 0.6 is 24.0 Å². The van der Waals surface area contributed by atoms with Crippen LogP contribution in [0.5, 0.6) is 0 Å². The van der Waals surface area contributed by atoms with E-state index in [1.807, 2.05) is 25.5 Å². The first-order chi connectivity index (χ1) is 6.72. The second-order valence-corrected chi connectivity index (χ2v) is 3.98. The summed E-state index contributed by atoms with van der Waals surface area (Å²) in [6.45, 7) is 2.97. The molecule has 0 fully saturated rings. The molecule has 1 atom stereocenters. The van der Waals surface area contributed by atoms with Gasteiger partial charge in [0.15, 0.2) is 0 Å². The summed E-state index contributed by atoms with van der Waals surface area (Å²) in [4.78, 5) is 2.18. The second-order valence-electron chi connectivity index (χ2n) is 3.54. The molecule has 2 N–H and O–H groups in total. The molecule has 0 saturated carbocycles. The minimum Gasteiger partial charge on any atom is -0.355 e. The van der Waals surface area contributed by atoms with Crippen LogP contribution in [0.15, 0.2) is 18.2 Å². The predicted octanol–water partition coefficient (Wildman–Crippen LogP) is 2.63. The van der Waals surface area contributed by atoms with E-state index in [-0.39, 0.29) is 18.6 Å². The molecule has 15 heavy (non-hydrogen) atoms. The minimum absolute atomic E-state index is 0. The van der Waals surface area contributed by atoms with Crippen LogP contribution in [0, 0.1) is 6.42 Å². The predicted molar refractivity (Wildman–Crippen MR) is 67.7 cm³/mol. The summed E-state index contributed by atoms with van der Waals surface area (Å²) in [5.74, 6) is 0. The van der Waals surface area contributed by atoms with Crippen molar-refractivity contribution in [2.24, 2.45) is 5.73 Å². The van der Waals surface area contributed by atoms with Crippen molar-refractivity contribution >= 4 is 29.7 Å². The highest BCUT2D eigenvalue weighted by atomic mass is 35.5. The van der Waals surface area contributed by atoms with Crippen molar-refractivity contribution in [3.63, 3.8) is 0 Å².